The Kier molecular flexibility index (Phi) is 7.36. The second-order valence-corrected chi connectivity index (χ2v) is 10.2. The molecule has 0 heterocycles. The van der Waals surface area contributed by atoms with Crippen molar-refractivity contribution < 1.29 is 13.2 Å². The summed E-state index contributed by atoms with van der Waals surface area (Å²) in [5.41, 5.74) is 4.37. The van der Waals surface area contributed by atoms with Crippen LogP contribution in [0.4, 0.5) is 5.69 Å². The lowest BCUT2D eigenvalue weighted by atomic mass is 9.95. The Morgan fingerprint density at radius 3 is 2.03 bits per heavy atom. The molecule has 1 atom stereocenters. The van der Waals surface area contributed by atoms with Crippen molar-refractivity contribution in [3.63, 3.8) is 0 Å². The molecule has 32 heavy (non-hydrogen) atoms. The van der Waals surface area contributed by atoms with E-state index in [1.54, 1.807) is 12.1 Å². The third-order valence-electron chi connectivity index (χ3n) is 5.45. The minimum atomic E-state index is -3.67. The Balaban J connectivity index is 1.95. The lowest BCUT2D eigenvalue weighted by Gasteiger charge is -2.27. The monoisotopic (exact) mass is 450 g/mol. The van der Waals surface area contributed by atoms with Crippen molar-refractivity contribution in [3.8, 4) is 0 Å². The molecule has 0 spiro atoms. The molecule has 0 radical (unpaired) electrons. The summed E-state index contributed by atoms with van der Waals surface area (Å²) in [7, 11) is -3.67. The Labute approximate surface area is 191 Å². The van der Waals surface area contributed by atoms with Crippen LogP contribution >= 0.6 is 0 Å². The third-order valence-corrected chi connectivity index (χ3v) is 6.58. The largest absolute Gasteiger partial charge is 0.344 e. The van der Waals surface area contributed by atoms with Crippen LogP contribution in [0.1, 0.15) is 48.1 Å². The molecule has 0 aromatic heterocycles. The van der Waals surface area contributed by atoms with E-state index < -0.39 is 10.0 Å². The fraction of sp³-hybridized carbons (Fsp3) is 0.269. The van der Waals surface area contributed by atoms with E-state index in [1.807, 2.05) is 87.5 Å². The van der Waals surface area contributed by atoms with E-state index in [0.29, 0.717) is 5.69 Å². The minimum Gasteiger partial charge on any atom is -0.344 e. The van der Waals surface area contributed by atoms with Crippen molar-refractivity contribution in [3.05, 3.63) is 101 Å². The number of hydrogen-bond acceptors (Lipinski definition) is 3. The summed E-state index contributed by atoms with van der Waals surface area (Å²) in [6.45, 7) is 5.71. The van der Waals surface area contributed by atoms with Crippen molar-refractivity contribution in [2.75, 3.05) is 17.1 Å². The van der Waals surface area contributed by atoms with E-state index in [9.17, 15) is 13.2 Å². The van der Waals surface area contributed by atoms with E-state index in [2.05, 4.69) is 5.32 Å². The van der Waals surface area contributed by atoms with E-state index >= 15 is 0 Å². The molecular weight excluding hydrogens is 420 g/mol. The van der Waals surface area contributed by atoms with Gasteiger partial charge in [0.25, 0.3) is 0 Å². The van der Waals surface area contributed by atoms with Gasteiger partial charge >= 0.3 is 0 Å². The summed E-state index contributed by atoms with van der Waals surface area (Å²) in [5.74, 6) is -0.256. The van der Waals surface area contributed by atoms with Crippen molar-refractivity contribution >= 4 is 21.6 Å². The first-order valence-electron chi connectivity index (χ1n) is 10.6. The zero-order chi connectivity index (χ0) is 23.3. The maximum Gasteiger partial charge on any atom is 0.241 e. The number of benzene rings is 3. The highest BCUT2D eigenvalue weighted by Crippen LogP contribution is 2.29. The van der Waals surface area contributed by atoms with E-state index in [1.165, 1.54) is 4.31 Å². The summed E-state index contributed by atoms with van der Waals surface area (Å²) in [5, 5.41) is 3.07. The Morgan fingerprint density at radius 1 is 0.875 bits per heavy atom. The number of amides is 1. The average molecular weight is 451 g/mol. The molecule has 5 nitrogen and oxygen atoms in total. The summed E-state index contributed by atoms with van der Waals surface area (Å²) >= 11 is 0. The first-order chi connectivity index (χ1) is 15.2. The fourth-order valence-electron chi connectivity index (χ4n) is 3.82. The number of para-hydroxylation sites is 1. The molecule has 3 aromatic carbocycles. The topological polar surface area (TPSA) is 66.5 Å². The van der Waals surface area contributed by atoms with Gasteiger partial charge in [-0.05, 0) is 41.2 Å². The highest BCUT2D eigenvalue weighted by atomic mass is 32.2. The molecular formula is C26H30N2O3S. The van der Waals surface area contributed by atoms with Crippen LogP contribution in [0.25, 0.3) is 0 Å². The van der Waals surface area contributed by atoms with Crippen LogP contribution in [0.5, 0.6) is 0 Å². The molecule has 0 aliphatic heterocycles. The summed E-state index contributed by atoms with van der Waals surface area (Å²) in [6.07, 6.45) is 1.13. The van der Waals surface area contributed by atoms with Crippen molar-refractivity contribution in [1.82, 2.24) is 5.32 Å². The first kappa shape index (κ1) is 23.5. The van der Waals surface area contributed by atoms with Gasteiger partial charge in [0.1, 0.15) is 6.54 Å². The van der Waals surface area contributed by atoms with Crippen LogP contribution in [-0.4, -0.2) is 27.1 Å². The van der Waals surface area contributed by atoms with Crippen LogP contribution in [0, 0.1) is 6.92 Å². The van der Waals surface area contributed by atoms with E-state index in [4.69, 9.17) is 0 Å². The van der Waals surface area contributed by atoms with Gasteiger partial charge in [-0.15, -0.1) is 0 Å². The average Bonchev–Trinajstić information content (AvgIpc) is 2.76. The van der Waals surface area contributed by atoms with Gasteiger partial charge in [0.15, 0.2) is 0 Å². The van der Waals surface area contributed by atoms with Gasteiger partial charge in [-0.25, -0.2) is 8.42 Å². The number of aryl methyl sites for hydroxylation is 1. The number of carbonyl (C=O) groups is 1. The van der Waals surface area contributed by atoms with Crippen LogP contribution < -0.4 is 9.62 Å². The minimum absolute atomic E-state index is 0.113. The van der Waals surface area contributed by atoms with Gasteiger partial charge in [0.05, 0.1) is 18.0 Å². The van der Waals surface area contributed by atoms with Gasteiger partial charge in [0.2, 0.25) is 15.9 Å². The molecule has 0 aliphatic carbocycles. The Hall–Kier alpha value is -3.12. The van der Waals surface area contributed by atoms with E-state index in [0.717, 1.165) is 28.5 Å². The number of sulfonamides is 1. The second kappa shape index (κ2) is 10.0. The maximum absolute atomic E-state index is 13.2. The molecule has 168 valence electrons. The molecule has 0 fully saturated rings. The lowest BCUT2D eigenvalue weighted by Crippen LogP contribution is -2.42. The van der Waals surface area contributed by atoms with Gasteiger partial charge in [-0.2, -0.15) is 0 Å². The molecule has 3 rings (SSSR count). The third kappa shape index (κ3) is 5.56. The molecule has 6 heteroatoms. The quantitative estimate of drug-likeness (QED) is 0.537. The first-order valence-corrected chi connectivity index (χ1v) is 12.5. The number of hydrogen-bond donors (Lipinski definition) is 1. The number of rotatable bonds is 8. The van der Waals surface area contributed by atoms with Crippen LogP contribution in [0.15, 0.2) is 78.9 Å². The molecule has 1 unspecified atom stereocenters. The van der Waals surface area contributed by atoms with Crippen molar-refractivity contribution in [2.24, 2.45) is 0 Å². The summed E-state index contributed by atoms with van der Waals surface area (Å²) in [4.78, 5) is 13.2. The lowest BCUT2D eigenvalue weighted by molar-refractivity contribution is -0.120. The Bertz CT molecular complexity index is 1170. The fourth-order valence-corrected chi connectivity index (χ4v) is 4.69. The SMILES string of the molecule is Cc1ccccc1C(NC(=O)CN(c1ccccc1C(C)C)S(C)(=O)=O)c1ccccc1. The van der Waals surface area contributed by atoms with Crippen LogP contribution in [-0.2, 0) is 14.8 Å². The molecule has 0 saturated heterocycles. The van der Waals surface area contributed by atoms with Gasteiger partial charge in [0, 0.05) is 0 Å². The van der Waals surface area contributed by atoms with E-state index in [-0.39, 0.29) is 24.4 Å². The predicted molar refractivity (Wildman–Crippen MR) is 130 cm³/mol. The Morgan fingerprint density at radius 2 is 1.44 bits per heavy atom. The highest BCUT2D eigenvalue weighted by molar-refractivity contribution is 7.92. The number of nitrogens with one attached hydrogen (secondary N) is 1. The maximum atomic E-state index is 13.2. The van der Waals surface area contributed by atoms with Crippen LogP contribution in [0.2, 0.25) is 0 Å². The molecule has 1 N–H and O–H groups in total. The van der Waals surface area contributed by atoms with Gasteiger partial charge in [-0.1, -0.05) is 86.6 Å². The van der Waals surface area contributed by atoms with Gasteiger partial charge < -0.3 is 5.32 Å². The molecule has 3 aromatic rings. The number of anilines is 1. The zero-order valence-electron chi connectivity index (χ0n) is 18.9. The molecule has 0 bridgehead atoms. The standard InChI is InChI=1S/C26H30N2O3S/c1-19(2)22-15-10-11-17-24(22)28(32(4,30)31)18-25(29)27-26(21-13-6-5-7-14-21)23-16-9-8-12-20(23)3/h5-17,19,26H,18H2,1-4H3,(H,27,29). The summed E-state index contributed by atoms with van der Waals surface area (Å²) < 4.78 is 26.5. The predicted octanol–water partition coefficient (Wildman–Crippen LogP) is 4.79. The van der Waals surface area contributed by atoms with Crippen molar-refractivity contribution in [1.29, 1.82) is 0 Å². The zero-order valence-corrected chi connectivity index (χ0v) is 19.8. The smallest absolute Gasteiger partial charge is 0.241 e. The number of nitrogens with zero attached hydrogens (tertiary/aromatic N) is 1. The molecule has 0 aliphatic rings. The normalized spacial score (nSPS) is 12.4. The highest BCUT2D eigenvalue weighted by Gasteiger charge is 2.26. The second-order valence-electron chi connectivity index (χ2n) is 8.25. The summed E-state index contributed by atoms with van der Waals surface area (Å²) in [6, 6.07) is 24.5. The van der Waals surface area contributed by atoms with Crippen molar-refractivity contribution in [2.45, 2.75) is 32.7 Å². The molecule has 0 saturated carbocycles. The molecule has 1 amide bonds. The van der Waals surface area contributed by atoms with Crippen LogP contribution in [0.3, 0.4) is 0 Å². The van der Waals surface area contributed by atoms with Gasteiger partial charge in [-0.3, -0.25) is 9.10 Å². The number of carbonyl (C=O) groups excluding carboxylic acids is 1.